The van der Waals surface area contributed by atoms with Crippen LogP contribution in [0.1, 0.15) is 12.5 Å². The highest BCUT2D eigenvalue weighted by molar-refractivity contribution is 7.89. The first kappa shape index (κ1) is 23.7. The van der Waals surface area contributed by atoms with Gasteiger partial charge in [0, 0.05) is 32.2 Å². The highest BCUT2D eigenvalue weighted by Gasteiger charge is 2.32. The third-order valence-corrected chi connectivity index (χ3v) is 6.93. The van der Waals surface area contributed by atoms with Gasteiger partial charge in [-0.2, -0.15) is 4.31 Å². The monoisotopic (exact) mass is 466 g/mol. The average Bonchev–Trinajstić information content (AvgIpc) is 2.78. The fourth-order valence-corrected chi connectivity index (χ4v) is 4.80. The molecule has 0 bridgehead atoms. The van der Waals surface area contributed by atoms with Crippen molar-refractivity contribution in [2.24, 2.45) is 0 Å². The topological polar surface area (TPSA) is 76.2 Å². The summed E-state index contributed by atoms with van der Waals surface area (Å²) >= 11 is 0. The molecule has 1 heterocycles. The third-order valence-electron chi connectivity index (χ3n) is 5.00. The van der Waals surface area contributed by atoms with Crippen molar-refractivity contribution in [3.8, 4) is 11.5 Å². The van der Waals surface area contributed by atoms with E-state index in [-0.39, 0.29) is 38.7 Å². The highest BCUT2D eigenvalue weighted by atomic mass is 32.2. The Morgan fingerprint density at radius 2 is 1.78 bits per heavy atom. The predicted molar refractivity (Wildman–Crippen MR) is 115 cm³/mol. The van der Waals surface area contributed by atoms with Crippen LogP contribution in [0.25, 0.3) is 6.08 Å². The molecule has 172 valence electrons. The average molecular weight is 467 g/mol. The first-order chi connectivity index (χ1) is 15.3. The van der Waals surface area contributed by atoms with Crippen LogP contribution in [0.2, 0.25) is 0 Å². The molecule has 0 unspecified atom stereocenters. The lowest BCUT2D eigenvalue weighted by Crippen LogP contribution is -2.51. The molecule has 2 aromatic carbocycles. The Labute approximate surface area is 185 Å². The lowest BCUT2D eigenvalue weighted by Gasteiger charge is -2.34. The number of benzene rings is 2. The number of carbonyl (C=O) groups excluding carboxylic acids is 1. The molecule has 0 saturated carbocycles. The summed E-state index contributed by atoms with van der Waals surface area (Å²) in [5, 5.41) is 0. The molecule has 1 saturated heterocycles. The predicted octanol–water partition coefficient (Wildman–Crippen LogP) is 2.92. The van der Waals surface area contributed by atoms with E-state index >= 15 is 0 Å². The number of piperazine rings is 1. The van der Waals surface area contributed by atoms with Gasteiger partial charge in [0.15, 0.2) is 18.1 Å². The first-order valence-corrected chi connectivity index (χ1v) is 11.4. The van der Waals surface area contributed by atoms with Crippen LogP contribution in [0, 0.1) is 11.6 Å². The van der Waals surface area contributed by atoms with Crippen molar-refractivity contribution in [2.75, 3.05) is 39.9 Å². The number of carbonyl (C=O) groups is 1. The quantitative estimate of drug-likeness (QED) is 0.627. The van der Waals surface area contributed by atoms with Crippen molar-refractivity contribution >= 4 is 22.0 Å². The summed E-state index contributed by atoms with van der Waals surface area (Å²) in [6, 6.07) is 7.66. The lowest BCUT2D eigenvalue weighted by atomic mass is 10.2. The Bertz CT molecular complexity index is 1110. The zero-order chi connectivity index (χ0) is 23.3. The van der Waals surface area contributed by atoms with Crippen LogP contribution >= 0.6 is 0 Å². The number of methoxy groups -OCH3 is 1. The Kier molecular flexibility index (Phi) is 7.47. The van der Waals surface area contributed by atoms with Gasteiger partial charge in [0.2, 0.25) is 10.0 Å². The summed E-state index contributed by atoms with van der Waals surface area (Å²) in [7, 11) is -2.62. The zero-order valence-electron chi connectivity index (χ0n) is 17.8. The SMILES string of the molecule is C/C=C\c1ccc(OCC(=O)N2CCN(S(=O)(=O)c3ccc(F)cc3F)CC2)c(OC)c1. The molecule has 1 aliphatic rings. The molecule has 1 fully saturated rings. The van der Waals surface area contributed by atoms with E-state index < -0.39 is 26.6 Å². The number of rotatable bonds is 7. The minimum Gasteiger partial charge on any atom is -0.493 e. The van der Waals surface area contributed by atoms with Gasteiger partial charge in [-0.1, -0.05) is 18.2 Å². The number of allylic oxidation sites excluding steroid dienone is 1. The lowest BCUT2D eigenvalue weighted by molar-refractivity contribution is -0.134. The maximum absolute atomic E-state index is 14.0. The third kappa shape index (κ3) is 5.25. The maximum atomic E-state index is 14.0. The molecule has 32 heavy (non-hydrogen) atoms. The summed E-state index contributed by atoms with van der Waals surface area (Å²) in [6.07, 6.45) is 3.80. The fraction of sp³-hybridized carbons (Fsp3) is 0.318. The number of sulfonamides is 1. The van der Waals surface area contributed by atoms with E-state index in [0.717, 1.165) is 22.0 Å². The second-order valence-corrected chi connectivity index (χ2v) is 8.96. The van der Waals surface area contributed by atoms with Crippen molar-refractivity contribution in [1.82, 2.24) is 9.21 Å². The van der Waals surface area contributed by atoms with Crippen molar-refractivity contribution in [3.63, 3.8) is 0 Å². The number of halogens is 2. The molecule has 0 atom stereocenters. The van der Waals surface area contributed by atoms with Gasteiger partial charge in [0.25, 0.3) is 5.91 Å². The normalized spacial score (nSPS) is 15.2. The van der Waals surface area contributed by atoms with E-state index in [1.165, 1.54) is 12.0 Å². The molecule has 0 aromatic heterocycles. The number of nitrogens with zero attached hydrogens (tertiary/aromatic N) is 2. The van der Waals surface area contributed by atoms with Crippen LogP contribution in [-0.2, 0) is 14.8 Å². The summed E-state index contributed by atoms with van der Waals surface area (Å²) in [4.78, 5) is 13.4. The maximum Gasteiger partial charge on any atom is 0.260 e. The second-order valence-electron chi connectivity index (χ2n) is 7.06. The Morgan fingerprint density at radius 3 is 2.41 bits per heavy atom. The largest absolute Gasteiger partial charge is 0.493 e. The van der Waals surface area contributed by atoms with Gasteiger partial charge in [-0.05, 0) is 36.8 Å². The Balaban J connectivity index is 1.59. The van der Waals surface area contributed by atoms with Gasteiger partial charge in [-0.3, -0.25) is 4.79 Å². The minimum absolute atomic E-state index is 0.00768. The smallest absolute Gasteiger partial charge is 0.260 e. The minimum atomic E-state index is -4.13. The molecule has 2 aromatic rings. The van der Waals surface area contributed by atoms with Crippen molar-refractivity contribution in [2.45, 2.75) is 11.8 Å². The van der Waals surface area contributed by atoms with Gasteiger partial charge in [-0.25, -0.2) is 17.2 Å². The van der Waals surface area contributed by atoms with Crippen molar-refractivity contribution in [3.05, 3.63) is 59.7 Å². The number of amides is 1. The molecular weight excluding hydrogens is 442 g/mol. The number of ether oxygens (including phenoxy) is 2. The Hall–Kier alpha value is -2.98. The standard InChI is InChI=1S/C22H24F2N2O5S/c1-3-4-16-5-7-19(20(13-16)30-2)31-15-22(27)25-9-11-26(12-10-25)32(28,29)21-8-6-17(23)14-18(21)24/h3-8,13-14H,9-12,15H2,1-2H3/b4-3-. The summed E-state index contributed by atoms with van der Waals surface area (Å²) < 4.78 is 64.4. The molecule has 1 amide bonds. The van der Waals surface area contributed by atoms with Crippen LogP contribution in [0.3, 0.4) is 0 Å². The highest BCUT2D eigenvalue weighted by Crippen LogP contribution is 2.29. The van der Waals surface area contributed by atoms with Crippen molar-refractivity contribution < 1.29 is 31.5 Å². The molecule has 10 heteroatoms. The summed E-state index contributed by atoms with van der Waals surface area (Å²) in [5.41, 5.74) is 0.929. The molecule has 3 rings (SSSR count). The van der Waals surface area contributed by atoms with Crippen LogP contribution in [0.5, 0.6) is 11.5 Å². The molecule has 1 aliphatic heterocycles. The van der Waals surface area contributed by atoms with Gasteiger partial charge >= 0.3 is 0 Å². The van der Waals surface area contributed by atoms with Crippen LogP contribution in [-0.4, -0.2) is 63.4 Å². The fourth-order valence-electron chi connectivity index (χ4n) is 3.33. The second kappa shape index (κ2) is 10.1. The van der Waals surface area contributed by atoms with Gasteiger partial charge < -0.3 is 14.4 Å². The zero-order valence-corrected chi connectivity index (χ0v) is 18.6. The van der Waals surface area contributed by atoms with E-state index in [4.69, 9.17) is 9.47 Å². The van der Waals surface area contributed by atoms with Crippen LogP contribution < -0.4 is 9.47 Å². The van der Waals surface area contributed by atoms with Gasteiger partial charge in [-0.15, -0.1) is 0 Å². The number of hydrogen-bond donors (Lipinski definition) is 0. The van der Waals surface area contributed by atoms with Gasteiger partial charge in [0.1, 0.15) is 16.5 Å². The van der Waals surface area contributed by atoms with Gasteiger partial charge in [0.05, 0.1) is 7.11 Å². The number of hydrogen-bond acceptors (Lipinski definition) is 5. The van der Waals surface area contributed by atoms with Crippen LogP contribution in [0.4, 0.5) is 8.78 Å². The van der Waals surface area contributed by atoms with E-state index in [0.29, 0.717) is 17.6 Å². The molecule has 0 N–H and O–H groups in total. The van der Waals surface area contributed by atoms with Crippen molar-refractivity contribution in [1.29, 1.82) is 0 Å². The van der Waals surface area contributed by atoms with E-state index in [1.807, 2.05) is 25.1 Å². The molecular formula is C22H24F2N2O5S. The molecule has 0 radical (unpaired) electrons. The van der Waals surface area contributed by atoms with E-state index in [9.17, 15) is 22.0 Å². The molecule has 7 nitrogen and oxygen atoms in total. The Morgan fingerprint density at radius 1 is 1.06 bits per heavy atom. The molecule has 0 spiro atoms. The van der Waals surface area contributed by atoms with E-state index in [1.54, 1.807) is 12.1 Å². The summed E-state index contributed by atoms with van der Waals surface area (Å²) in [5.74, 6) is -1.40. The first-order valence-electron chi connectivity index (χ1n) is 9.92. The summed E-state index contributed by atoms with van der Waals surface area (Å²) in [6.45, 7) is 1.90. The van der Waals surface area contributed by atoms with E-state index in [2.05, 4.69) is 0 Å². The van der Waals surface area contributed by atoms with Crippen LogP contribution in [0.15, 0.2) is 47.4 Å². The molecule has 0 aliphatic carbocycles.